The third-order valence-corrected chi connectivity index (χ3v) is 4.13. The number of carboxylic acids is 2. The lowest BCUT2D eigenvalue weighted by molar-refractivity contribution is -0.235. The lowest BCUT2D eigenvalue weighted by Gasteiger charge is -2.23. The summed E-state index contributed by atoms with van der Waals surface area (Å²) in [6, 6.07) is -1.29. The molecule has 0 aromatic rings. The summed E-state index contributed by atoms with van der Waals surface area (Å²) >= 11 is 0. The summed E-state index contributed by atoms with van der Waals surface area (Å²) in [6.07, 6.45) is -6.03. The quantitative estimate of drug-likeness (QED) is 0.395. The Morgan fingerprint density at radius 1 is 0.808 bits per heavy atom. The van der Waals surface area contributed by atoms with Gasteiger partial charge in [-0.1, -0.05) is 0 Å². The first-order chi connectivity index (χ1) is 12.3. The molecule has 0 spiro atoms. The highest BCUT2D eigenvalue weighted by atomic mass is 16.8. The Labute approximate surface area is 144 Å². The molecule has 26 heavy (non-hydrogen) atoms. The zero-order chi connectivity index (χ0) is 18.6. The molecule has 14 heteroatoms. The van der Waals surface area contributed by atoms with E-state index in [1.807, 2.05) is 0 Å². The average molecular weight is 374 g/mol. The minimum Gasteiger partial charge on any atom is -0.480 e. The number of fused-ring (bicyclic) bond motifs is 2. The van der Waals surface area contributed by atoms with E-state index in [1.54, 1.807) is 0 Å². The summed E-state index contributed by atoms with van der Waals surface area (Å²) < 4.78 is 22.0. The van der Waals surface area contributed by atoms with Crippen LogP contribution in [0.25, 0.3) is 0 Å². The van der Waals surface area contributed by atoms with E-state index in [0.29, 0.717) is 0 Å². The van der Waals surface area contributed by atoms with Gasteiger partial charge in [-0.15, -0.1) is 0 Å². The first-order valence-electron chi connectivity index (χ1n) is 7.53. The van der Waals surface area contributed by atoms with Crippen LogP contribution in [-0.2, 0) is 28.5 Å². The highest BCUT2D eigenvalue weighted by Crippen LogP contribution is 2.34. The van der Waals surface area contributed by atoms with Gasteiger partial charge in [0.25, 0.3) is 0 Å². The Kier molecular flexibility index (Phi) is 3.83. The van der Waals surface area contributed by atoms with E-state index in [1.165, 1.54) is 0 Å². The van der Waals surface area contributed by atoms with Crippen LogP contribution in [0.4, 0.5) is 9.59 Å². The molecule has 6 atom stereocenters. The Balaban J connectivity index is 1.40. The highest BCUT2D eigenvalue weighted by molar-refractivity contribution is 5.83. The van der Waals surface area contributed by atoms with Crippen LogP contribution in [0, 0.1) is 0 Å². The molecule has 4 saturated heterocycles. The summed E-state index contributed by atoms with van der Waals surface area (Å²) in [5.41, 5.74) is 0. The number of amides is 4. The van der Waals surface area contributed by atoms with Crippen LogP contribution in [0.1, 0.15) is 0 Å². The van der Waals surface area contributed by atoms with Crippen molar-refractivity contribution in [1.82, 2.24) is 20.4 Å². The van der Waals surface area contributed by atoms with Gasteiger partial charge in [-0.3, -0.25) is 19.4 Å². The van der Waals surface area contributed by atoms with Crippen molar-refractivity contribution in [3.8, 4) is 0 Å². The molecule has 4 amide bonds. The molecule has 0 aromatic heterocycles. The summed E-state index contributed by atoms with van der Waals surface area (Å²) in [5.74, 6) is -2.44. The van der Waals surface area contributed by atoms with Crippen molar-refractivity contribution < 1.29 is 48.3 Å². The first-order valence-corrected chi connectivity index (χ1v) is 7.53. The number of ether oxygens (including phenoxy) is 4. The van der Waals surface area contributed by atoms with Crippen molar-refractivity contribution >= 4 is 24.0 Å². The van der Waals surface area contributed by atoms with Gasteiger partial charge in [-0.2, -0.15) is 0 Å². The van der Waals surface area contributed by atoms with E-state index in [4.69, 9.17) is 29.2 Å². The number of hydrogen-bond acceptors (Lipinski definition) is 8. The Morgan fingerprint density at radius 3 is 1.54 bits per heavy atom. The Bertz CT molecular complexity index is 616. The van der Waals surface area contributed by atoms with Crippen molar-refractivity contribution in [2.75, 3.05) is 13.1 Å². The number of carbonyl (C=O) groups is 4. The molecule has 0 aliphatic carbocycles. The second-order valence-corrected chi connectivity index (χ2v) is 5.85. The molecule has 4 fully saturated rings. The number of aliphatic carboxylic acids is 2. The second-order valence-electron chi connectivity index (χ2n) is 5.85. The van der Waals surface area contributed by atoms with Crippen LogP contribution < -0.4 is 10.6 Å². The molecule has 4 aliphatic rings. The fourth-order valence-corrected chi connectivity index (χ4v) is 3.10. The molecule has 4 heterocycles. The van der Waals surface area contributed by atoms with Crippen molar-refractivity contribution in [1.29, 1.82) is 0 Å². The third-order valence-electron chi connectivity index (χ3n) is 4.13. The fourth-order valence-electron chi connectivity index (χ4n) is 3.10. The second kappa shape index (κ2) is 5.94. The monoisotopic (exact) mass is 374 g/mol. The number of carbonyl (C=O) groups excluding carboxylic acids is 2. The van der Waals surface area contributed by atoms with Gasteiger partial charge in [0.15, 0.2) is 24.9 Å². The molecule has 14 nitrogen and oxygen atoms in total. The summed E-state index contributed by atoms with van der Waals surface area (Å²) in [4.78, 5) is 47.0. The molecule has 4 N–H and O–H groups in total. The van der Waals surface area contributed by atoms with Gasteiger partial charge < -0.3 is 39.8 Å². The van der Waals surface area contributed by atoms with Gasteiger partial charge in [0.05, 0.1) is 0 Å². The Hall–Kier alpha value is -2.68. The van der Waals surface area contributed by atoms with Crippen LogP contribution >= 0.6 is 0 Å². The van der Waals surface area contributed by atoms with E-state index in [9.17, 15) is 19.2 Å². The fraction of sp³-hybridized carbons (Fsp3) is 0.667. The molecule has 0 radical (unpaired) electrons. The van der Waals surface area contributed by atoms with Crippen LogP contribution in [-0.4, -0.2) is 94.6 Å². The number of carboxylic acid groups (broad SMARTS) is 2. The SMILES string of the molecule is O=C(O)CN1C(=O)N[C@H]2O[C@@H]([C@H]3O[C@H]4NC(=O)N(CC(=O)O)[C@H]4O3)O[C@H]21. The van der Waals surface area contributed by atoms with E-state index in [-0.39, 0.29) is 0 Å². The standard InChI is InChI=1S/C12H14N4O10/c17-3(18)1-15-7-5(13-11(15)21)23-9(25-7)10-24-6-8(26-10)16(2-4(19)20)12(22)14-6/h5-10H,1-2H2,(H,13,21)(H,14,22)(H,17,18)(H,19,20)/t5-,6+,7+,8-,9+,10-. The number of nitrogens with one attached hydrogen (secondary N) is 2. The molecule has 0 saturated carbocycles. The van der Waals surface area contributed by atoms with Gasteiger partial charge in [0.2, 0.25) is 12.6 Å². The summed E-state index contributed by atoms with van der Waals surface area (Å²) in [7, 11) is 0. The first kappa shape index (κ1) is 16.8. The van der Waals surface area contributed by atoms with Gasteiger partial charge in [-0.05, 0) is 0 Å². The lowest BCUT2D eigenvalue weighted by Crippen LogP contribution is -2.43. The van der Waals surface area contributed by atoms with Crippen molar-refractivity contribution in [3.05, 3.63) is 0 Å². The van der Waals surface area contributed by atoms with E-state index in [2.05, 4.69) is 10.6 Å². The van der Waals surface area contributed by atoms with Crippen LogP contribution in [0.2, 0.25) is 0 Å². The van der Waals surface area contributed by atoms with E-state index >= 15 is 0 Å². The molecule has 4 aliphatic heterocycles. The Morgan fingerprint density at radius 2 is 1.19 bits per heavy atom. The van der Waals surface area contributed by atoms with E-state index < -0.39 is 74.6 Å². The predicted octanol–water partition coefficient (Wildman–Crippen LogP) is -2.74. The van der Waals surface area contributed by atoms with Gasteiger partial charge >= 0.3 is 24.0 Å². The number of rotatable bonds is 5. The van der Waals surface area contributed by atoms with Gasteiger partial charge in [-0.25, -0.2) is 9.59 Å². The average Bonchev–Trinajstić information content (AvgIpc) is 3.24. The molecule has 0 bridgehead atoms. The molecule has 0 aromatic carbocycles. The minimum atomic E-state index is -1.22. The maximum atomic E-state index is 11.7. The minimum absolute atomic E-state index is 0.580. The molecular weight excluding hydrogens is 360 g/mol. The largest absolute Gasteiger partial charge is 0.480 e. The molecule has 4 rings (SSSR count). The van der Waals surface area contributed by atoms with Gasteiger partial charge in [0.1, 0.15) is 13.1 Å². The zero-order valence-corrected chi connectivity index (χ0v) is 12.9. The summed E-state index contributed by atoms with van der Waals surface area (Å²) in [5, 5.41) is 22.6. The number of hydrogen-bond donors (Lipinski definition) is 4. The maximum Gasteiger partial charge on any atom is 0.323 e. The molecular formula is C12H14N4O10. The van der Waals surface area contributed by atoms with Gasteiger partial charge in [0, 0.05) is 0 Å². The zero-order valence-electron chi connectivity index (χ0n) is 12.9. The van der Waals surface area contributed by atoms with Crippen molar-refractivity contribution in [2.45, 2.75) is 37.5 Å². The van der Waals surface area contributed by atoms with Crippen molar-refractivity contribution in [2.24, 2.45) is 0 Å². The maximum absolute atomic E-state index is 11.7. The topological polar surface area (TPSA) is 176 Å². The summed E-state index contributed by atoms with van der Waals surface area (Å²) in [6.45, 7) is -1.16. The lowest BCUT2D eigenvalue weighted by atomic mass is 10.4. The molecule has 142 valence electrons. The van der Waals surface area contributed by atoms with E-state index in [0.717, 1.165) is 9.80 Å². The van der Waals surface area contributed by atoms with Crippen LogP contribution in [0.5, 0.6) is 0 Å². The van der Waals surface area contributed by atoms with Crippen LogP contribution in [0.15, 0.2) is 0 Å². The number of nitrogens with zero attached hydrogens (tertiary/aromatic N) is 2. The number of urea groups is 2. The predicted molar refractivity (Wildman–Crippen MR) is 72.8 cm³/mol. The van der Waals surface area contributed by atoms with Crippen molar-refractivity contribution in [3.63, 3.8) is 0 Å². The van der Waals surface area contributed by atoms with Crippen LogP contribution in [0.3, 0.4) is 0 Å². The normalized spacial score (nSPS) is 38.2. The smallest absolute Gasteiger partial charge is 0.323 e. The highest BCUT2D eigenvalue weighted by Gasteiger charge is 2.57. The molecule has 0 unspecified atom stereocenters. The third kappa shape index (κ3) is 2.68.